The van der Waals surface area contributed by atoms with E-state index in [1.54, 1.807) is 0 Å². The Bertz CT molecular complexity index is 286. The smallest absolute Gasteiger partial charge is 0.0491 e. The van der Waals surface area contributed by atoms with Crippen molar-refractivity contribution in [2.75, 3.05) is 11.9 Å². The molecule has 0 aliphatic rings. The van der Waals surface area contributed by atoms with E-state index in [9.17, 15) is 0 Å². The molecule has 1 aromatic carbocycles. The molecule has 12 heavy (non-hydrogen) atoms. The zero-order chi connectivity index (χ0) is 8.81. The number of benzene rings is 1. The van der Waals surface area contributed by atoms with Crippen molar-refractivity contribution in [2.45, 2.75) is 6.42 Å². The number of hydrogen-bond acceptors (Lipinski definition) is 2. The third-order valence-corrected chi connectivity index (χ3v) is 1.64. The maximum Gasteiger partial charge on any atom is 0.0491 e. The van der Waals surface area contributed by atoms with Crippen LogP contribution in [0.1, 0.15) is 5.56 Å². The molecule has 0 amide bonds. The SMILES string of the molecule is C#CNc1ccccc1CCN. The first-order valence-corrected chi connectivity index (χ1v) is 3.88. The minimum atomic E-state index is 0.642. The van der Waals surface area contributed by atoms with Crippen LogP contribution < -0.4 is 11.1 Å². The molecule has 62 valence electrons. The van der Waals surface area contributed by atoms with E-state index in [0.717, 1.165) is 17.7 Å². The summed E-state index contributed by atoms with van der Waals surface area (Å²) in [4.78, 5) is 0. The largest absolute Gasteiger partial charge is 0.330 e. The van der Waals surface area contributed by atoms with Crippen LogP contribution in [0.4, 0.5) is 5.69 Å². The van der Waals surface area contributed by atoms with Crippen molar-refractivity contribution in [3.63, 3.8) is 0 Å². The molecule has 2 heteroatoms. The van der Waals surface area contributed by atoms with Crippen LogP contribution in [-0.2, 0) is 6.42 Å². The van der Waals surface area contributed by atoms with E-state index in [2.05, 4.69) is 11.4 Å². The molecule has 0 atom stereocenters. The highest BCUT2D eigenvalue weighted by Crippen LogP contribution is 2.14. The summed E-state index contributed by atoms with van der Waals surface area (Å²) < 4.78 is 0. The summed E-state index contributed by atoms with van der Waals surface area (Å²) in [5.74, 6) is 0. The van der Waals surface area contributed by atoms with Crippen molar-refractivity contribution in [1.29, 1.82) is 0 Å². The second-order valence-corrected chi connectivity index (χ2v) is 2.47. The number of para-hydroxylation sites is 1. The zero-order valence-electron chi connectivity index (χ0n) is 6.88. The standard InChI is InChI=1S/C10H12N2/c1-2-12-10-6-4-3-5-9(10)7-8-11/h1,3-6,12H,7-8,11H2. The maximum atomic E-state index is 5.45. The highest BCUT2D eigenvalue weighted by molar-refractivity contribution is 5.54. The molecule has 0 spiro atoms. The lowest BCUT2D eigenvalue weighted by molar-refractivity contribution is 0.971. The van der Waals surface area contributed by atoms with Gasteiger partial charge < -0.3 is 11.1 Å². The quantitative estimate of drug-likeness (QED) is 0.515. The molecular formula is C10H12N2. The first kappa shape index (κ1) is 8.63. The average Bonchev–Trinajstić information content (AvgIpc) is 2.09. The van der Waals surface area contributed by atoms with Crippen molar-refractivity contribution in [2.24, 2.45) is 5.73 Å². The number of hydrogen-bond donors (Lipinski definition) is 2. The first-order chi connectivity index (χ1) is 5.88. The van der Waals surface area contributed by atoms with Gasteiger partial charge in [0.25, 0.3) is 0 Å². The molecule has 3 N–H and O–H groups in total. The summed E-state index contributed by atoms with van der Waals surface area (Å²) in [7, 11) is 0. The second kappa shape index (κ2) is 4.42. The normalized spacial score (nSPS) is 9.00. The summed E-state index contributed by atoms with van der Waals surface area (Å²) >= 11 is 0. The Morgan fingerprint density at radius 3 is 2.83 bits per heavy atom. The summed E-state index contributed by atoms with van der Waals surface area (Å²) in [5.41, 5.74) is 7.59. The van der Waals surface area contributed by atoms with Gasteiger partial charge in [0.05, 0.1) is 0 Å². The van der Waals surface area contributed by atoms with Crippen molar-refractivity contribution < 1.29 is 0 Å². The average molecular weight is 160 g/mol. The van der Waals surface area contributed by atoms with Gasteiger partial charge in [-0.15, -0.1) is 0 Å². The minimum absolute atomic E-state index is 0.642. The molecule has 1 aromatic rings. The van der Waals surface area contributed by atoms with E-state index >= 15 is 0 Å². The molecule has 0 heterocycles. The fourth-order valence-electron chi connectivity index (χ4n) is 1.09. The van der Waals surface area contributed by atoms with Crippen LogP contribution in [0.2, 0.25) is 0 Å². The lowest BCUT2D eigenvalue weighted by atomic mass is 10.1. The van der Waals surface area contributed by atoms with E-state index in [4.69, 9.17) is 12.2 Å². The van der Waals surface area contributed by atoms with Gasteiger partial charge in [-0.3, -0.25) is 0 Å². The van der Waals surface area contributed by atoms with Gasteiger partial charge in [0, 0.05) is 11.7 Å². The Morgan fingerprint density at radius 1 is 1.42 bits per heavy atom. The Kier molecular flexibility index (Phi) is 3.18. The van der Waals surface area contributed by atoms with Gasteiger partial charge in [-0.1, -0.05) is 24.6 Å². The van der Waals surface area contributed by atoms with Gasteiger partial charge in [-0.05, 0) is 24.6 Å². The van der Waals surface area contributed by atoms with Gasteiger partial charge in [0.15, 0.2) is 0 Å². The van der Waals surface area contributed by atoms with Gasteiger partial charge in [-0.2, -0.15) is 0 Å². The van der Waals surface area contributed by atoms with Crippen LogP contribution in [0, 0.1) is 12.5 Å². The lowest BCUT2D eigenvalue weighted by Crippen LogP contribution is -2.04. The molecule has 0 bridgehead atoms. The molecule has 0 unspecified atom stereocenters. The Morgan fingerprint density at radius 2 is 2.17 bits per heavy atom. The highest BCUT2D eigenvalue weighted by Gasteiger charge is 1.97. The predicted molar refractivity (Wildman–Crippen MR) is 51.7 cm³/mol. The Hall–Kier alpha value is -1.46. The van der Waals surface area contributed by atoms with E-state index < -0.39 is 0 Å². The van der Waals surface area contributed by atoms with Gasteiger partial charge in [0.2, 0.25) is 0 Å². The fourth-order valence-corrected chi connectivity index (χ4v) is 1.09. The third kappa shape index (κ3) is 2.01. The zero-order valence-corrected chi connectivity index (χ0v) is 6.88. The first-order valence-electron chi connectivity index (χ1n) is 3.88. The van der Waals surface area contributed by atoms with Crippen LogP contribution in [0.3, 0.4) is 0 Å². The number of rotatable bonds is 3. The van der Waals surface area contributed by atoms with Crippen LogP contribution >= 0.6 is 0 Å². The van der Waals surface area contributed by atoms with E-state index in [0.29, 0.717) is 6.54 Å². The number of terminal acetylenes is 1. The minimum Gasteiger partial charge on any atom is -0.330 e. The monoisotopic (exact) mass is 160 g/mol. The third-order valence-electron chi connectivity index (χ3n) is 1.64. The number of nitrogens with two attached hydrogens (primary N) is 1. The van der Waals surface area contributed by atoms with Gasteiger partial charge in [0.1, 0.15) is 0 Å². The topological polar surface area (TPSA) is 38.0 Å². The summed E-state index contributed by atoms with van der Waals surface area (Å²) in [6.07, 6.45) is 5.99. The summed E-state index contributed by atoms with van der Waals surface area (Å²) in [5, 5.41) is 2.83. The second-order valence-electron chi connectivity index (χ2n) is 2.47. The molecule has 1 rings (SSSR count). The summed E-state index contributed by atoms with van der Waals surface area (Å²) in [6, 6.07) is 10.3. The molecular weight excluding hydrogens is 148 g/mol. The van der Waals surface area contributed by atoms with Crippen LogP contribution in [-0.4, -0.2) is 6.54 Å². The molecule has 0 saturated carbocycles. The van der Waals surface area contributed by atoms with E-state index in [1.165, 1.54) is 0 Å². The molecule has 0 aromatic heterocycles. The number of anilines is 1. The summed E-state index contributed by atoms with van der Waals surface area (Å²) in [6.45, 7) is 0.642. The van der Waals surface area contributed by atoms with Crippen LogP contribution in [0.15, 0.2) is 24.3 Å². The molecule has 0 aliphatic heterocycles. The number of nitrogens with one attached hydrogen (secondary N) is 1. The molecule has 0 radical (unpaired) electrons. The fraction of sp³-hybridized carbons (Fsp3) is 0.200. The van der Waals surface area contributed by atoms with Crippen LogP contribution in [0.25, 0.3) is 0 Å². The van der Waals surface area contributed by atoms with Gasteiger partial charge in [-0.25, -0.2) is 0 Å². The van der Waals surface area contributed by atoms with Crippen molar-refractivity contribution in [1.82, 2.24) is 0 Å². The molecule has 0 saturated heterocycles. The Labute approximate surface area is 72.8 Å². The Balaban J connectivity index is 2.85. The highest BCUT2D eigenvalue weighted by atomic mass is 14.8. The van der Waals surface area contributed by atoms with Crippen molar-refractivity contribution in [3.05, 3.63) is 29.8 Å². The van der Waals surface area contributed by atoms with E-state index in [1.807, 2.05) is 24.3 Å². The van der Waals surface area contributed by atoms with Crippen molar-refractivity contribution in [3.8, 4) is 12.5 Å². The lowest BCUT2D eigenvalue weighted by Gasteiger charge is -2.05. The maximum absolute atomic E-state index is 5.45. The predicted octanol–water partition coefficient (Wildman–Crippen LogP) is 1.19. The van der Waals surface area contributed by atoms with Crippen LogP contribution in [0.5, 0.6) is 0 Å². The molecule has 0 fully saturated rings. The molecule has 2 nitrogen and oxygen atoms in total. The van der Waals surface area contributed by atoms with Gasteiger partial charge >= 0.3 is 0 Å². The van der Waals surface area contributed by atoms with Crippen molar-refractivity contribution >= 4 is 5.69 Å². The van der Waals surface area contributed by atoms with E-state index in [-0.39, 0.29) is 0 Å². The molecule has 0 aliphatic carbocycles.